The van der Waals surface area contributed by atoms with Crippen molar-refractivity contribution in [3.05, 3.63) is 38.9 Å². The number of rotatable bonds is 4. The van der Waals surface area contributed by atoms with Crippen molar-refractivity contribution in [2.75, 3.05) is 0 Å². The van der Waals surface area contributed by atoms with Gasteiger partial charge in [-0.3, -0.25) is 14.9 Å². The SMILES string of the molecule is CC(C)N(C(=O)c1cc([N+](=O)[O-])ccc1Cl)C1CC1. The Morgan fingerprint density at radius 2 is 2.11 bits per heavy atom. The third-order valence-corrected chi connectivity index (χ3v) is 3.45. The summed E-state index contributed by atoms with van der Waals surface area (Å²) in [4.78, 5) is 24.5. The fraction of sp³-hybridized carbons (Fsp3) is 0.462. The van der Waals surface area contributed by atoms with Crippen LogP contribution in [-0.4, -0.2) is 27.8 Å². The average Bonchev–Trinajstić information content (AvgIpc) is 3.13. The van der Waals surface area contributed by atoms with Gasteiger partial charge in [0.25, 0.3) is 11.6 Å². The van der Waals surface area contributed by atoms with Crippen LogP contribution in [0.5, 0.6) is 0 Å². The number of amides is 1. The Bertz CT molecular complexity index is 525. The normalized spacial score (nSPS) is 14.5. The molecule has 1 aliphatic rings. The minimum atomic E-state index is -0.524. The zero-order valence-corrected chi connectivity index (χ0v) is 11.6. The Hall–Kier alpha value is -1.62. The maximum atomic E-state index is 12.5. The topological polar surface area (TPSA) is 63.5 Å². The number of nitrogens with zero attached hydrogens (tertiary/aromatic N) is 2. The van der Waals surface area contributed by atoms with Crippen molar-refractivity contribution in [1.82, 2.24) is 4.90 Å². The number of non-ortho nitro benzene ring substituents is 1. The number of hydrogen-bond acceptors (Lipinski definition) is 3. The highest BCUT2D eigenvalue weighted by molar-refractivity contribution is 6.34. The summed E-state index contributed by atoms with van der Waals surface area (Å²) in [6.07, 6.45) is 1.97. The maximum absolute atomic E-state index is 12.5. The molecule has 0 unspecified atom stereocenters. The summed E-state index contributed by atoms with van der Waals surface area (Å²) in [5.74, 6) is -0.230. The third-order valence-electron chi connectivity index (χ3n) is 3.12. The first-order valence-corrected chi connectivity index (χ1v) is 6.56. The summed E-state index contributed by atoms with van der Waals surface area (Å²) in [7, 11) is 0. The summed E-state index contributed by atoms with van der Waals surface area (Å²) in [6.45, 7) is 3.86. The highest BCUT2D eigenvalue weighted by Gasteiger charge is 2.35. The molecular formula is C13H15ClN2O3. The smallest absolute Gasteiger partial charge is 0.270 e. The second-order valence-electron chi connectivity index (χ2n) is 4.96. The number of carbonyl (C=O) groups excluding carboxylic acids is 1. The first-order chi connectivity index (χ1) is 8.91. The molecule has 0 aliphatic heterocycles. The van der Waals surface area contributed by atoms with Gasteiger partial charge in [0.05, 0.1) is 15.5 Å². The van der Waals surface area contributed by atoms with Gasteiger partial charge in [-0.1, -0.05) is 11.6 Å². The summed E-state index contributed by atoms with van der Waals surface area (Å²) in [5, 5.41) is 11.0. The van der Waals surface area contributed by atoms with E-state index in [1.54, 1.807) is 4.90 Å². The van der Waals surface area contributed by atoms with Crippen LogP contribution in [0.15, 0.2) is 18.2 Å². The molecule has 19 heavy (non-hydrogen) atoms. The minimum Gasteiger partial charge on any atom is -0.333 e. The summed E-state index contributed by atoms with van der Waals surface area (Å²) >= 11 is 6.00. The number of nitro benzene ring substituents is 1. The van der Waals surface area contributed by atoms with Crippen LogP contribution in [0.3, 0.4) is 0 Å². The molecule has 0 radical (unpaired) electrons. The molecule has 0 aromatic heterocycles. The standard InChI is InChI=1S/C13H15ClN2O3/c1-8(2)15(9-3-4-9)13(17)11-7-10(16(18)19)5-6-12(11)14/h5-9H,3-4H2,1-2H3. The quantitative estimate of drug-likeness (QED) is 0.629. The van der Waals surface area contributed by atoms with E-state index in [4.69, 9.17) is 11.6 Å². The van der Waals surface area contributed by atoms with Crippen LogP contribution in [-0.2, 0) is 0 Å². The molecule has 2 rings (SSSR count). The molecule has 1 saturated carbocycles. The number of halogens is 1. The van der Waals surface area contributed by atoms with E-state index in [0.717, 1.165) is 12.8 Å². The van der Waals surface area contributed by atoms with E-state index in [9.17, 15) is 14.9 Å². The second kappa shape index (κ2) is 5.17. The predicted molar refractivity (Wildman–Crippen MR) is 72.4 cm³/mol. The lowest BCUT2D eigenvalue weighted by Crippen LogP contribution is -2.38. The second-order valence-corrected chi connectivity index (χ2v) is 5.37. The molecule has 102 valence electrons. The van der Waals surface area contributed by atoms with E-state index in [2.05, 4.69) is 0 Å². The van der Waals surface area contributed by atoms with E-state index in [-0.39, 0.29) is 34.3 Å². The summed E-state index contributed by atoms with van der Waals surface area (Å²) in [5.41, 5.74) is 0.0868. The average molecular weight is 283 g/mol. The van der Waals surface area contributed by atoms with Gasteiger partial charge in [0.2, 0.25) is 0 Å². The van der Waals surface area contributed by atoms with E-state index >= 15 is 0 Å². The van der Waals surface area contributed by atoms with Crippen LogP contribution in [0.2, 0.25) is 5.02 Å². The summed E-state index contributed by atoms with van der Waals surface area (Å²) in [6, 6.07) is 4.25. The van der Waals surface area contributed by atoms with Crippen LogP contribution in [0.25, 0.3) is 0 Å². The lowest BCUT2D eigenvalue weighted by atomic mass is 10.1. The molecule has 0 atom stereocenters. The van der Waals surface area contributed by atoms with E-state index in [1.807, 2.05) is 13.8 Å². The van der Waals surface area contributed by atoms with Crippen molar-refractivity contribution in [1.29, 1.82) is 0 Å². The Morgan fingerprint density at radius 1 is 1.47 bits per heavy atom. The molecule has 6 heteroatoms. The predicted octanol–water partition coefficient (Wildman–Crippen LogP) is 3.26. The van der Waals surface area contributed by atoms with Crippen LogP contribution in [0, 0.1) is 10.1 Å². The zero-order valence-electron chi connectivity index (χ0n) is 10.8. The highest BCUT2D eigenvalue weighted by Crippen LogP contribution is 2.32. The number of hydrogen-bond donors (Lipinski definition) is 0. The van der Waals surface area contributed by atoms with Gasteiger partial charge in [0.15, 0.2) is 0 Å². The molecule has 1 aromatic rings. The monoisotopic (exact) mass is 282 g/mol. The molecule has 1 aromatic carbocycles. The minimum absolute atomic E-state index is 0.0512. The van der Waals surface area contributed by atoms with E-state index in [1.165, 1.54) is 18.2 Å². The van der Waals surface area contributed by atoms with E-state index in [0.29, 0.717) is 0 Å². The van der Waals surface area contributed by atoms with Crippen molar-refractivity contribution in [3.8, 4) is 0 Å². The lowest BCUT2D eigenvalue weighted by molar-refractivity contribution is -0.384. The van der Waals surface area contributed by atoms with Gasteiger partial charge in [-0.05, 0) is 32.8 Å². The Kier molecular flexibility index (Phi) is 3.75. The first kappa shape index (κ1) is 13.8. The zero-order chi connectivity index (χ0) is 14.2. The van der Waals surface area contributed by atoms with Gasteiger partial charge in [-0.25, -0.2) is 0 Å². The van der Waals surface area contributed by atoms with Gasteiger partial charge in [0, 0.05) is 24.2 Å². The Balaban J connectivity index is 2.36. The lowest BCUT2D eigenvalue weighted by Gasteiger charge is -2.27. The molecule has 1 aliphatic carbocycles. The molecule has 0 saturated heterocycles. The van der Waals surface area contributed by atoms with Gasteiger partial charge in [-0.15, -0.1) is 0 Å². The maximum Gasteiger partial charge on any atom is 0.270 e. The van der Waals surface area contributed by atoms with E-state index < -0.39 is 4.92 Å². The van der Waals surface area contributed by atoms with Gasteiger partial charge >= 0.3 is 0 Å². The molecular weight excluding hydrogens is 268 g/mol. The Labute approximate surface area is 116 Å². The molecule has 1 fully saturated rings. The van der Waals surface area contributed by atoms with Crippen molar-refractivity contribution < 1.29 is 9.72 Å². The number of carbonyl (C=O) groups is 1. The van der Waals surface area contributed by atoms with Gasteiger partial charge in [0.1, 0.15) is 0 Å². The number of nitro groups is 1. The van der Waals surface area contributed by atoms with Crippen molar-refractivity contribution in [2.24, 2.45) is 0 Å². The van der Waals surface area contributed by atoms with Gasteiger partial charge in [-0.2, -0.15) is 0 Å². The molecule has 0 spiro atoms. The van der Waals surface area contributed by atoms with Gasteiger partial charge < -0.3 is 4.90 Å². The van der Waals surface area contributed by atoms with Crippen LogP contribution in [0.4, 0.5) is 5.69 Å². The molecule has 0 heterocycles. The Morgan fingerprint density at radius 3 is 2.58 bits per heavy atom. The molecule has 1 amide bonds. The van der Waals surface area contributed by atoms with Crippen molar-refractivity contribution in [3.63, 3.8) is 0 Å². The largest absolute Gasteiger partial charge is 0.333 e. The number of benzene rings is 1. The van der Waals surface area contributed by atoms with Crippen LogP contribution < -0.4 is 0 Å². The fourth-order valence-electron chi connectivity index (χ4n) is 2.10. The van der Waals surface area contributed by atoms with Crippen molar-refractivity contribution >= 4 is 23.2 Å². The molecule has 0 N–H and O–H groups in total. The first-order valence-electron chi connectivity index (χ1n) is 6.18. The molecule has 0 bridgehead atoms. The third kappa shape index (κ3) is 2.87. The van der Waals surface area contributed by atoms with Crippen LogP contribution >= 0.6 is 11.6 Å². The molecule has 5 nitrogen and oxygen atoms in total. The highest BCUT2D eigenvalue weighted by atomic mass is 35.5. The van der Waals surface area contributed by atoms with Crippen LogP contribution in [0.1, 0.15) is 37.0 Å². The summed E-state index contributed by atoms with van der Waals surface area (Å²) < 4.78 is 0. The fourth-order valence-corrected chi connectivity index (χ4v) is 2.30. The van der Waals surface area contributed by atoms with Crippen molar-refractivity contribution in [2.45, 2.75) is 38.8 Å².